The third-order valence-electron chi connectivity index (χ3n) is 5.79. The predicted molar refractivity (Wildman–Crippen MR) is 120 cm³/mol. The molecule has 1 aromatic heterocycles. The standard InChI is InChI=1S/C24H33FN2O2S/c1-17(2)24(28)27(10-11-29-4)14-20-13-26(15-22-9-8-18(3)30-22)16-23(20)19-6-5-7-21(25)12-19/h5-9,12,17,20,23H,10-11,13-16H2,1-4H3/t20-,23+/m1/s1. The summed E-state index contributed by atoms with van der Waals surface area (Å²) in [7, 11) is 1.66. The fraction of sp³-hybridized carbons (Fsp3) is 0.542. The first-order valence-corrected chi connectivity index (χ1v) is 11.5. The molecule has 1 aliphatic heterocycles. The molecule has 0 N–H and O–H groups in total. The van der Waals surface area contributed by atoms with Crippen LogP contribution in [0.5, 0.6) is 0 Å². The van der Waals surface area contributed by atoms with Crippen molar-refractivity contribution in [2.45, 2.75) is 33.2 Å². The van der Waals surface area contributed by atoms with Crippen molar-refractivity contribution in [2.75, 3.05) is 39.9 Å². The van der Waals surface area contributed by atoms with E-state index in [1.165, 1.54) is 15.8 Å². The number of thiophene rings is 1. The number of carbonyl (C=O) groups is 1. The van der Waals surface area contributed by atoms with E-state index in [1.807, 2.05) is 36.2 Å². The van der Waals surface area contributed by atoms with Gasteiger partial charge in [-0.15, -0.1) is 11.3 Å². The van der Waals surface area contributed by atoms with E-state index >= 15 is 0 Å². The molecule has 164 valence electrons. The first kappa shape index (κ1) is 22.9. The van der Waals surface area contributed by atoms with Gasteiger partial charge in [0.1, 0.15) is 5.82 Å². The number of amides is 1. The van der Waals surface area contributed by atoms with E-state index in [0.717, 1.165) is 25.2 Å². The van der Waals surface area contributed by atoms with Crippen LogP contribution in [0.3, 0.4) is 0 Å². The first-order valence-electron chi connectivity index (χ1n) is 10.7. The van der Waals surface area contributed by atoms with Crippen LogP contribution in [0.4, 0.5) is 4.39 Å². The lowest BCUT2D eigenvalue weighted by Gasteiger charge is -2.29. The Morgan fingerprint density at radius 2 is 2.10 bits per heavy atom. The maximum Gasteiger partial charge on any atom is 0.225 e. The average molecular weight is 433 g/mol. The van der Waals surface area contributed by atoms with Gasteiger partial charge in [0.05, 0.1) is 6.61 Å². The summed E-state index contributed by atoms with van der Waals surface area (Å²) >= 11 is 1.83. The highest BCUT2D eigenvalue weighted by molar-refractivity contribution is 7.11. The van der Waals surface area contributed by atoms with Crippen LogP contribution in [-0.2, 0) is 16.1 Å². The number of hydrogen-bond donors (Lipinski definition) is 0. The van der Waals surface area contributed by atoms with E-state index in [-0.39, 0.29) is 29.5 Å². The Bertz CT molecular complexity index is 838. The molecule has 4 nitrogen and oxygen atoms in total. The van der Waals surface area contributed by atoms with Crippen molar-refractivity contribution in [3.63, 3.8) is 0 Å². The molecule has 6 heteroatoms. The van der Waals surface area contributed by atoms with Gasteiger partial charge in [-0.1, -0.05) is 26.0 Å². The molecule has 2 atom stereocenters. The second-order valence-corrected chi connectivity index (χ2v) is 9.93. The van der Waals surface area contributed by atoms with Gasteiger partial charge in [-0.3, -0.25) is 9.69 Å². The number of carbonyl (C=O) groups excluding carboxylic acids is 1. The highest BCUT2D eigenvalue weighted by atomic mass is 32.1. The number of halogens is 1. The molecule has 1 aromatic carbocycles. The van der Waals surface area contributed by atoms with Crippen LogP contribution >= 0.6 is 11.3 Å². The highest BCUT2D eigenvalue weighted by Crippen LogP contribution is 2.35. The molecule has 0 unspecified atom stereocenters. The quantitative estimate of drug-likeness (QED) is 0.583. The third kappa shape index (κ3) is 5.90. The molecule has 1 aliphatic rings. The summed E-state index contributed by atoms with van der Waals surface area (Å²) in [5.41, 5.74) is 1.02. The molecule has 0 saturated carbocycles. The molecule has 1 amide bonds. The van der Waals surface area contributed by atoms with Gasteiger partial charge in [0, 0.05) is 61.4 Å². The van der Waals surface area contributed by atoms with E-state index in [9.17, 15) is 9.18 Å². The Hall–Kier alpha value is -1.76. The van der Waals surface area contributed by atoms with Crippen molar-refractivity contribution in [1.29, 1.82) is 0 Å². The molecule has 1 saturated heterocycles. The molecule has 0 spiro atoms. The predicted octanol–water partition coefficient (Wildman–Crippen LogP) is 4.54. The lowest BCUT2D eigenvalue weighted by molar-refractivity contribution is -0.135. The van der Waals surface area contributed by atoms with Crippen molar-refractivity contribution < 1.29 is 13.9 Å². The van der Waals surface area contributed by atoms with Crippen LogP contribution in [0, 0.1) is 24.6 Å². The summed E-state index contributed by atoms with van der Waals surface area (Å²) in [6.45, 7) is 10.4. The van der Waals surface area contributed by atoms with Crippen LogP contribution in [0.2, 0.25) is 0 Å². The summed E-state index contributed by atoms with van der Waals surface area (Å²) in [6.07, 6.45) is 0. The summed E-state index contributed by atoms with van der Waals surface area (Å²) in [5.74, 6) is 0.353. The maximum atomic E-state index is 14.0. The summed E-state index contributed by atoms with van der Waals surface area (Å²) in [6, 6.07) is 11.3. The van der Waals surface area contributed by atoms with Crippen molar-refractivity contribution in [3.8, 4) is 0 Å². The number of benzene rings is 1. The fourth-order valence-corrected chi connectivity index (χ4v) is 5.25. The van der Waals surface area contributed by atoms with Crippen LogP contribution in [-0.4, -0.2) is 55.6 Å². The second-order valence-electron chi connectivity index (χ2n) is 8.56. The third-order valence-corrected chi connectivity index (χ3v) is 6.78. The molecule has 2 aromatic rings. The Kier molecular flexibility index (Phi) is 8.03. The SMILES string of the molecule is COCCN(C[C@H]1CN(Cc2ccc(C)s2)C[C@H]1c1cccc(F)c1)C(=O)C(C)C. The van der Waals surface area contributed by atoms with Crippen LogP contribution in [0.1, 0.15) is 35.1 Å². The van der Waals surface area contributed by atoms with Crippen molar-refractivity contribution in [2.24, 2.45) is 11.8 Å². The minimum atomic E-state index is -0.201. The van der Waals surface area contributed by atoms with Gasteiger partial charge in [-0.2, -0.15) is 0 Å². The van der Waals surface area contributed by atoms with Gasteiger partial charge in [0.25, 0.3) is 0 Å². The summed E-state index contributed by atoms with van der Waals surface area (Å²) < 4.78 is 19.2. The maximum absolute atomic E-state index is 14.0. The summed E-state index contributed by atoms with van der Waals surface area (Å²) in [4.78, 5) is 19.8. The average Bonchev–Trinajstić information content (AvgIpc) is 3.30. The van der Waals surface area contributed by atoms with Gasteiger partial charge in [0.15, 0.2) is 0 Å². The molecule has 2 heterocycles. The topological polar surface area (TPSA) is 32.8 Å². The Morgan fingerprint density at radius 3 is 2.73 bits per heavy atom. The van der Waals surface area contributed by atoms with Crippen LogP contribution in [0.25, 0.3) is 0 Å². The zero-order chi connectivity index (χ0) is 21.7. The highest BCUT2D eigenvalue weighted by Gasteiger charge is 2.36. The largest absolute Gasteiger partial charge is 0.383 e. The Balaban J connectivity index is 1.80. The van der Waals surface area contributed by atoms with Crippen LogP contribution < -0.4 is 0 Å². The number of likely N-dealkylation sites (tertiary alicyclic amines) is 1. The van der Waals surface area contributed by atoms with Gasteiger partial charge < -0.3 is 9.64 Å². The minimum Gasteiger partial charge on any atom is -0.383 e. The Labute approximate surface area is 183 Å². The van der Waals surface area contributed by atoms with E-state index in [4.69, 9.17) is 4.74 Å². The van der Waals surface area contributed by atoms with Gasteiger partial charge in [-0.05, 0) is 42.7 Å². The number of methoxy groups -OCH3 is 1. The number of hydrogen-bond acceptors (Lipinski definition) is 4. The van der Waals surface area contributed by atoms with E-state index in [2.05, 4.69) is 24.0 Å². The molecule has 1 fully saturated rings. The normalized spacial score (nSPS) is 19.5. The number of nitrogens with zero attached hydrogens (tertiary/aromatic N) is 2. The minimum absolute atomic E-state index is 0.0546. The molecule has 0 radical (unpaired) electrons. The number of ether oxygens (including phenoxy) is 1. The fourth-order valence-electron chi connectivity index (χ4n) is 4.32. The monoisotopic (exact) mass is 432 g/mol. The number of aryl methyl sites for hydroxylation is 1. The molecule has 30 heavy (non-hydrogen) atoms. The van der Waals surface area contributed by atoms with E-state index in [1.54, 1.807) is 19.2 Å². The van der Waals surface area contributed by atoms with Crippen molar-refractivity contribution >= 4 is 17.2 Å². The van der Waals surface area contributed by atoms with Crippen molar-refractivity contribution in [1.82, 2.24) is 9.80 Å². The van der Waals surface area contributed by atoms with Gasteiger partial charge >= 0.3 is 0 Å². The van der Waals surface area contributed by atoms with Gasteiger partial charge in [-0.25, -0.2) is 4.39 Å². The van der Waals surface area contributed by atoms with Gasteiger partial charge in [0.2, 0.25) is 5.91 Å². The second kappa shape index (κ2) is 10.5. The lowest BCUT2D eigenvalue weighted by Crippen LogP contribution is -2.41. The van der Waals surface area contributed by atoms with E-state index < -0.39 is 0 Å². The molecule has 0 bridgehead atoms. The van der Waals surface area contributed by atoms with Crippen LogP contribution in [0.15, 0.2) is 36.4 Å². The molecular formula is C24H33FN2O2S. The Morgan fingerprint density at radius 1 is 1.30 bits per heavy atom. The molecule has 0 aliphatic carbocycles. The summed E-state index contributed by atoms with van der Waals surface area (Å²) in [5, 5.41) is 0. The molecular weight excluding hydrogens is 399 g/mol. The molecule has 3 rings (SSSR count). The van der Waals surface area contributed by atoms with E-state index in [0.29, 0.717) is 19.7 Å². The zero-order valence-corrected chi connectivity index (χ0v) is 19.3. The number of rotatable bonds is 9. The van der Waals surface area contributed by atoms with Crippen molar-refractivity contribution in [3.05, 3.63) is 57.5 Å². The zero-order valence-electron chi connectivity index (χ0n) is 18.4. The lowest BCUT2D eigenvalue weighted by atomic mass is 9.88. The first-order chi connectivity index (χ1) is 14.4. The smallest absolute Gasteiger partial charge is 0.225 e.